The average molecular weight is 461 g/mol. The number of benzene rings is 1. The summed E-state index contributed by atoms with van der Waals surface area (Å²) in [5.41, 5.74) is 1.43. The van der Waals surface area contributed by atoms with Gasteiger partial charge in [0.05, 0.1) is 17.8 Å². The quantitative estimate of drug-likeness (QED) is 0.679. The summed E-state index contributed by atoms with van der Waals surface area (Å²) < 4.78 is 30.1. The molecule has 1 saturated heterocycles. The highest BCUT2D eigenvalue weighted by molar-refractivity contribution is 7.90. The number of piperazine rings is 1. The van der Waals surface area contributed by atoms with E-state index in [-0.39, 0.29) is 22.5 Å². The van der Waals surface area contributed by atoms with E-state index >= 15 is 0 Å². The number of hydrogen-bond acceptors (Lipinski definition) is 6. The van der Waals surface area contributed by atoms with E-state index in [9.17, 15) is 13.2 Å². The molecule has 0 unspecified atom stereocenters. The Morgan fingerprint density at radius 1 is 1.21 bits per heavy atom. The molecule has 3 rings (SSSR count). The van der Waals surface area contributed by atoms with Gasteiger partial charge in [0.15, 0.2) is 14.9 Å². The van der Waals surface area contributed by atoms with Crippen LogP contribution < -0.4 is 9.64 Å². The molecule has 0 radical (unpaired) electrons. The normalized spacial score (nSPS) is 14.9. The van der Waals surface area contributed by atoms with Crippen LogP contribution in [-0.4, -0.2) is 68.5 Å². The summed E-state index contributed by atoms with van der Waals surface area (Å²) in [5.74, 6) is 0.469. The molecule has 158 valence electrons. The van der Waals surface area contributed by atoms with Crippen LogP contribution in [-0.2, 0) is 21.2 Å². The standard InChI is InChI=1S/C18H22Cl2N4O4S/c1-12-17(20)18(29(3,26)27)21-24(12)11-16(25)23-8-6-22(7-9-23)13-4-5-14(19)15(10-13)28-2/h4-5,10H,6-9,11H2,1-3H3. The van der Waals surface area contributed by atoms with E-state index in [1.165, 1.54) is 4.68 Å². The minimum Gasteiger partial charge on any atom is -0.495 e. The van der Waals surface area contributed by atoms with Gasteiger partial charge >= 0.3 is 0 Å². The van der Waals surface area contributed by atoms with Crippen LogP contribution in [0.3, 0.4) is 0 Å². The number of halogens is 2. The molecule has 1 aliphatic heterocycles. The molecule has 0 N–H and O–H groups in total. The van der Waals surface area contributed by atoms with Crippen LogP contribution in [0.1, 0.15) is 5.69 Å². The highest BCUT2D eigenvalue weighted by atomic mass is 35.5. The highest BCUT2D eigenvalue weighted by Gasteiger charge is 2.25. The fourth-order valence-corrected chi connectivity index (χ4v) is 4.65. The third-order valence-corrected chi connectivity index (χ3v) is 6.74. The predicted octanol–water partition coefficient (Wildman–Crippen LogP) is 2.26. The molecule has 2 aromatic rings. The lowest BCUT2D eigenvalue weighted by Crippen LogP contribution is -2.49. The van der Waals surface area contributed by atoms with Gasteiger partial charge in [-0.25, -0.2) is 8.42 Å². The molecule has 0 bridgehead atoms. The molecule has 2 heterocycles. The summed E-state index contributed by atoms with van der Waals surface area (Å²) in [7, 11) is -1.99. The van der Waals surface area contributed by atoms with Crippen LogP contribution in [0.5, 0.6) is 5.75 Å². The number of carbonyl (C=O) groups is 1. The van der Waals surface area contributed by atoms with E-state index in [1.54, 1.807) is 25.0 Å². The van der Waals surface area contributed by atoms with Gasteiger partial charge in [-0.3, -0.25) is 9.48 Å². The first kappa shape index (κ1) is 21.7. The van der Waals surface area contributed by atoms with Crippen molar-refractivity contribution >= 4 is 44.6 Å². The lowest BCUT2D eigenvalue weighted by atomic mass is 10.2. The molecule has 0 saturated carbocycles. The van der Waals surface area contributed by atoms with Crippen molar-refractivity contribution in [2.45, 2.75) is 18.5 Å². The second-order valence-corrected chi connectivity index (χ2v) is 9.54. The van der Waals surface area contributed by atoms with Gasteiger partial charge in [0, 0.05) is 44.2 Å². The minimum absolute atomic E-state index is 0.0572. The Labute approximate surface area is 179 Å². The molecule has 0 atom stereocenters. The van der Waals surface area contributed by atoms with E-state index in [4.69, 9.17) is 27.9 Å². The predicted molar refractivity (Wildman–Crippen MR) is 112 cm³/mol. The number of nitrogens with zero attached hydrogens (tertiary/aromatic N) is 4. The van der Waals surface area contributed by atoms with Crippen molar-refractivity contribution in [1.29, 1.82) is 0 Å². The smallest absolute Gasteiger partial charge is 0.244 e. The number of aromatic nitrogens is 2. The first-order chi connectivity index (χ1) is 13.6. The molecule has 0 aliphatic carbocycles. The van der Waals surface area contributed by atoms with Crippen molar-refractivity contribution in [3.8, 4) is 5.75 Å². The Kier molecular flexibility index (Phi) is 6.30. The van der Waals surface area contributed by atoms with Gasteiger partial charge in [-0.1, -0.05) is 23.2 Å². The van der Waals surface area contributed by atoms with E-state index < -0.39 is 9.84 Å². The lowest BCUT2D eigenvalue weighted by Gasteiger charge is -2.36. The molecule has 1 aromatic heterocycles. The molecule has 1 amide bonds. The zero-order valence-corrected chi connectivity index (χ0v) is 18.7. The summed E-state index contributed by atoms with van der Waals surface area (Å²) in [4.78, 5) is 16.6. The van der Waals surface area contributed by atoms with Crippen LogP contribution in [0.25, 0.3) is 0 Å². The maximum absolute atomic E-state index is 12.7. The van der Waals surface area contributed by atoms with Crippen molar-refractivity contribution < 1.29 is 17.9 Å². The van der Waals surface area contributed by atoms with Gasteiger partial charge in [-0.15, -0.1) is 0 Å². The number of hydrogen-bond donors (Lipinski definition) is 0. The zero-order chi connectivity index (χ0) is 21.3. The van der Waals surface area contributed by atoms with Gasteiger partial charge in [0.25, 0.3) is 0 Å². The number of carbonyl (C=O) groups excluding carboxylic acids is 1. The van der Waals surface area contributed by atoms with Crippen molar-refractivity contribution in [2.24, 2.45) is 0 Å². The van der Waals surface area contributed by atoms with E-state index in [2.05, 4.69) is 10.00 Å². The Bertz CT molecular complexity index is 1030. The molecule has 1 aromatic carbocycles. The molecule has 0 spiro atoms. The second kappa shape index (κ2) is 8.41. The third-order valence-electron chi connectivity index (χ3n) is 4.87. The Balaban J connectivity index is 1.65. The topological polar surface area (TPSA) is 84.7 Å². The highest BCUT2D eigenvalue weighted by Crippen LogP contribution is 2.30. The fraction of sp³-hybridized carbons (Fsp3) is 0.444. The molecule has 1 fully saturated rings. The SMILES string of the molecule is COc1cc(N2CCN(C(=O)Cn3nc(S(C)(=O)=O)c(Cl)c3C)CC2)ccc1Cl. The second-order valence-electron chi connectivity index (χ2n) is 6.82. The molecular weight excluding hydrogens is 439 g/mol. The number of rotatable bonds is 5. The number of sulfone groups is 1. The molecule has 8 nitrogen and oxygen atoms in total. The van der Waals surface area contributed by atoms with Crippen molar-refractivity contribution in [1.82, 2.24) is 14.7 Å². The number of methoxy groups -OCH3 is 1. The molecule has 1 aliphatic rings. The van der Waals surface area contributed by atoms with Crippen LogP contribution in [0.15, 0.2) is 23.2 Å². The van der Waals surface area contributed by atoms with Crippen LogP contribution in [0.4, 0.5) is 5.69 Å². The van der Waals surface area contributed by atoms with Crippen molar-refractivity contribution in [2.75, 3.05) is 44.4 Å². The monoisotopic (exact) mass is 460 g/mol. The van der Waals surface area contributed by atoms with Crippen LogP contribution in [0.2, 0.25) is 10.0 Å². The molecule has 29 heavy (non-hydrogen) atoms. The Hall–Kier alpha value is -1.97. The van der Waals surface area contributed by atoms with E-state index in [0.717, 1.165) is 11.9 Å². The van der Waals surface area contributed by atoms with Crippen LogP contribution >= 0.6 is 23.2 Å². The Morgan fingerprint density at radius 2 is 1.86 bits per heavy atom. The van der Waals surface area contributed by atoms with Gasteiger partial charge in [0.1, 0.15) is 17.3 Å². The first-order valence-electron chi connectivity index (χ1n) is 8.91. The Morgan fingerprint density at radius 3 is 2.41 bits per heavy atom. The van der Waals surface area contributed by atoms with Gasteiger partial charge in [-0.05, 0) is 19.1 Å². The summed E-state index contributed by atoms with van der Waals surface area (Å²) in [6.45, 7) is 3.97. The average Bonchev–Trinajstić information content (AvgIpc) is 2.97. The maximum atomic E-state index is 12.7. The number of amides is 1. The summed E-state index contributed by atoms with van der Waals surface area (Å²) in [5, 5.41) is 4.42. The summed E-state index contributed by atoms with van der Waals surface area (Å²) >= 11 is 12.2. The first-order valence-corrected chi connectivity index (χ1v) is 11.6. The lowest BCUT2D eigenvalue weighted by molar-refractivity contribution is -0.132. The minimum atomic E-state index is -3.56. The van der Waals surface area contributed by atoms with E-state index in [1.807, 2.05) is 12.1 Å². The van der Waals surface area contributed by atoms with Crippen molar-refractivity contribution in [3.05, 3.63) is 33.9 Å². The molecule has 11 heteroatoms. The summed E-state index contributed by atoms with van der Waals surface area (Å²) in [6.07, 6.45) is 1.04. The van der Waals surface area contributed by atoms with Gasteiger partial charge in [0.2, 0.25) is 5.91 Å². The van der Waals surface area contributed by atoms with E-state index in [0.29, 0.717) is 42.6 Å². The zero-order valence-electron chi connectivity index (χ0n) is 16.4. The number of anilines is 1. The molecular formula is C18H22Cl2N4O4S. The number of ether oxygens (including phenoxy) is 1. The largest absolute Gasteiger partial charge is 0.495 e. The summed E-state index contributed by atoms with van der Waals surface area (Å²) in [6, 6.07) is 5.59. The third kappa shape index (κ3) is 4.62. The maximum Gasteiger partial charge on any atom is 0.244 e. The fourth-order valence-electron chi connectivity index (χ4n) is 3.17. The van der Waals surface area contributed by atoms with Crippen molar-refractivity contribution in [3.63, 3.8) is 0 Å². The van der Waals surface area contributed by atoms with Gasteiger partial charge in [-0.2, -0.15) is 5.10 Å². The van der Waals surface area contributed by atoms with Gasteiger partial charge < -0.3 is 14.5 Å². The van der Waals surface area contributed by atoms with Crippen LogP contribution in [0, 0.1) is 6.92 Å².